The maximum atomic E-state index is 12.4. The Hall–Kier alpha value is -1.90. The molecule has 106 valence electrons. The van der Waals surface area contributed by atoms with Crippen molar-refractivity contribution in [3.8, 4) is 6.07 Å². The Bertz CT molecular complexity index is 538. The Balaban J connectivity index is 2.11. The monoisotopic (exact) mass is 274 g/mol. The number of carbonyl (C=O) groups excluding carboxylic acids is 1. The highest BCUT2D eigenvalue weighted by atomic mass is 16.3. The lowest BCUT2D eigenvalue weighted by molar-refractivity contribution is -0.0250. The van der Waals surface area contributed by atoms with Gasteiger partial charge in [0.2, 0.25) is 0 Å². The molecule has 2 rings (SSSR count). The summed E-state index contributed by atoms with van der Waals surface area (Å²) >= 11 is 0. The van der Waals surface area contributed by atoms with Crippen LogP contribution in [0.4, 0.5) is 0 Å². The van der Waals surface area contributed by atoms with Crippen molar-refractivity contribution in [2.75, 3.05) is 19.7 Å². The van der Waals surface area contributed by atoms with Gasteiger partial charge in [-0.1, -0.05) is 6.07 Å². The van der Waals surface area contributed by atoms with E-state index < -0.39 is 5.60 Å². The molecule has 1 atom stereocenters. The van der Waals surface area contributed by atoms with Gasteiger partial charge in [0.05, 0.1) is 23.8 Å². The molecule has 1 fully saturated rings. The molecule has 1 heterocycles. The van der Waals surface area contributed by atoms with Crippen molar-refractivity contribution in [3.63, 3.8) is 0 Å². The molecule has 2 N–H and O–H groups in total. The van der Waals surface area contributed by atoms with E-state index in [1.807, 2.05) is 6.07 Å². The van der Waals surface area contributed by atoms with Gasteiger partial charge in [0.25, 0.3) is 5.91 Å². The van der Waals surface area contributed by atoms with Crippen molar-refractivity contribution in [1.29, 1.82) is 5.26 Å². The highest BCUT2D eigenvalue weighted by Crippen LogP contribution is 2.22. The van der Waals surface area contributed by atoms with Crippen LogP contribution in [0.25, 0.3) is 0 Å². The number of nitriles is 1. The molecule has 0 unspecified atom stereocenters. The van der Waals surface area contributed by atoms with Gasteiger partial charge in [-0.15, -0.1) is 0 Å². The lowest BCUT2D eigenvalue weighted by atomic mass is 9.96. The summed E-state index contributed by atoms with van der Waals surface area (Å²) in [7, 11) is 0. The summed E-state index contributed by atoms with van der Waals surface area (Å²) < 4.78 is 0. The van der Waals surface area contributed by atoms with Gasteiger partial charge in [0, 0.05) is 18.7 Å². The number of amides is 1. The molecule has 0 aromatic heterocycles. The van der Waals surface area contributed by atoms with E-state index in [2.05, 4.69) is 0 Å². The molecule has 5 nitrogen and oxygen atoms in total. The Morgan fingerprint density at radius 3 is 2.90 bits per heavy atom. The Kier molecular flexibility index (Phi) is 4.38. The number of benzene rings is 1. The molecule has 20 heavy (non-hydrogen) atoms. The van der Waals surface area contributed by atoms with E-state index in [9.17, 15) is 15.0 Å². The molecule has 0 radical (unpaired) electrons. The third-order valence-electron chi connectivity index (χ3n) is 3.74. The van der Waals surface area contributed by atoms with Gasteiger partial charge >= 0.3 is 0 Å². The summed E-state index contributed by atoms with van der Waals surface area (Å²) in [5.41, 5.74) is -0.139. The summed E-state index contributed by atoms with van der Waals surface area (Å²) in [6, 6.07) is 8.62. The Morgan fingerprint density at radius 1 is 1.40 bits per heavy atom. The minimum atomic E-state index is -1.08. The zero-order valence-electron chi connectivity index (χ0n) is 11.2. The second-order valence-corrected chi connectivity index (χ2v) is 5.22. The Morgan fingerprint density at radius 2 is 2.20 bits per heavy atom. The van der Waals surface area contributed by atoms with Gasteiger partial charge in [-0.2, -0.15) is 5.26 Å². The zero-order valence-corrected chi connectivity index (χ0v) is 11.2. The number of likely N-dealkylation sites (tertiary alicyclic amines) is 1. The van der Waals surface area contributed by atoms with Crippen LogP contribution >= 0.6 is 0 Å². The van der Waals surface area contributed by atoms with Crippen molar-refractivity contribution in [2.45, 2.75) is 24.9 Å². The number of aliphatic hydroxyl groups is 2. The van der Waals surface area contributed by atoms with Gasteiger partial charge < -0.3 is 15.1 Å². The molecular formula is C15H18N2O3. The van der Waals surface area contributed by atoms with Crippen LogP contribution in [0.3, 0.4) is 0 Å². The lowest BCUT2D eigenvalue weighted by Crippen LogP contribution is -2.36. The van der Waals surface area contributed by atoms with Crippen molar-refractivity contribution < 1.29 is 15.0 Å². The minimum Gasteiger partial charge on any atom is -0.393 e. The standard InChI is InChI=1S/C15H18N2O3/c16-10-12-3-1-4-13(9-12)14(19)17-7-2-5-15(20,11-18)6-8-17/h1,3-4,9,18,20H,2,5-8,11H2/t15-/m1/s1. The highest BCUT2D eigenvalue weighted by Gasteiger charge is 2.31. The number of aliphatic hydroxyl groups excluding tert-OH is 1. The van der Waals surface area contributed by atoms with Crippen LogP contribution in [-0.2, 0) is 0 Å². The largest absolute Gasteiger partial charge is 0.393 e. The second kappa shape index (κ2) is 6.04. The van der Waals surface area contributed by atoms with E-state index in [0.29, 0.717) is 43.5 Å². The quantitative estimate of drug-likeness (QED) is 0.839. The summed E-state index contributed by atoms with van der Waals surface area (Å²) in [4.78, 5) is 14.1. The molecule has 1 aliphatic heterocycles. The molecule has 1 amide bonds. The van der Waals surface area contributed by atoms with E-state index in [-0.39, 0.29) is 12.5 Å². The zero-order chi connectivity index (χ0) is 14.6. The van der Waals surface area contributed by atoms with Crippen LogP contribution < -0.4 is 0 Å². The first kappa shape index (κ1) is 14.5. The fraction of sp³-hybridized carbons (Fsp3) is 0.467. The maximum Gasteiger partial charge on any atom is 0.253 e. The molecule has 1 aliphatic rings. The topological polar surface area (TPSA) is 84.6 Å². The third-order valence-corrected chi connectivity index (χ3v) is 3.74. The first-order chi connectivity index (χ1) is 9.58. The second-order valence-electron chi connectivity index (χ2n) is 5.22. The number of nitrogens with zero attached hydrogens (tertiary/aromatic N) is 2. The SMILES string of the molecule is N#Cc1cccc(C(=O)N2CCC[C@](O)(CO)CC2)c1. The van der Waals surface area contributed by atoms with Gasteiger partial charge in [-0.05, 0) is 37.5 Å². The van der Waals surface area contributed by atoms with Gasteiger partial charge in [0.1, 0.15) is 0 Å². The summed E-state index contributed by atoms with van der Waals surface area (Å²) in [5, 5.41) is 28.1. The molecule has 1 aromatic carbocycles. The lowest BCUT2D eigenvalue weighted by Gasteiger charge is -2.24. The van der Waals surface area contributed by atoms with E-state index in [0.717, 1.165) is 0 Å². The fourth-order valence-corrected chi connectivity index (χ4v) is 2.44. The number of hydrogen-bond donors (Lipinski definition) is 2. The van der Waals surface area contributed by atoms with Crippen molar-refractivity contribution in [2.24, 2.45) is 0 Å². The summed E-state index contributed by atoms with van der Waals surface area (Å²) in [6.45, 7) is 0.684. The summed E-state index contributed by atoms with van der Waals surface area (Å²) in [6.07, 6.45) is 1.51. The molecule has 0 spiro atoms. The summed E-state index contributed by atoms with van der Waals surface area (Å²) in [5.74, 6) is -0.135. The van der Waals surface area contributed by atoms with Crippen LogP contribution in [0.2, 0.25) is 0 Å². The van der Waals surface area contributed by atoms with Crippen molar-refractivity contribution in [1.82, 2.24) is 4.90 Å². The van der Waals surface area contributed by atoms with Crippen LogP contribution in [-0.4, -0.2) is 46.3 Å². The van der Waals surface area contributed by atoms with E-state index >= 15 is 0 Å². The van der Waals surface area contributed by atoms with E-state index in [1.165, 1.54) is 0 Å². The molecule has 1 saturated heterocycles. The fourth-order valence-electron chi connectivity index (χ4n) is 2.44. The van der Waals surface area contributed by atoms with Gasteiger partial charge in [0.15, 0.2) is 0 Å². The molecular weight excluding hydrogens is 256 g/mol. The molecule has 5 heteroatoms. The normalized spacial score (nSPS) is 22.9. The molecule has 1 aromatic rings. The van der Waals surface area contributed by atoms with Gasteiger partial charge in [-0.25, -0.2) is 0 Å². The number of rotatable bonds is 2. The predicted molar refractivity (Wildman–Crippen MR) is 72.9 cm³/mol. The average Bonchev–Trinajstić information content (AvgIpc) is 2.69. The first-order valence-corrected chi connectivity index (χ1v) is 6.71. The van der Waals surface area contributed by atoms with Crippen LogP contribution in [0.1, 0.15) is 35.2 Å². The highest BCUT2D eigenvalue weighted by molar-refractivity contribution is 5.94. The third kappa shape index (κ3) is 3.16. The van der Waals surface area contributed by atoms with E-state index in [1.54, 1.807) is 29.2 Å². The predicted octanol–water partition coefficient (Wildman–Crippen LogP) is 0.908. The maximum absolute atomic E-state index is 12.4. The van der Waals surface area contributed by atoms with Crippen molar-refractivity contribution in [3.05, 3.63) is 35.4 Å². The Labute approximate surface area is 118 Å². The first-order valence-electron chi connectivity index (χ1n) is 6.71. The van der Waals surface area contributed by atoms with Crippen LogP contribution in [0.15, 0.2) is 24.3 Å². The molecule has 0 aliphatic carbocycles. The number of hydrogen-bond acceptors (Lipinski definition) is 4. The smallest absolute Gasteiger partial charge is 0.253 e. The minimum absolute atomic E-state index is 0.135. The number of carbonyl (C=O) groups is 1. The van der Waals surface area contributed by atoms with Crippen LogP contribution in [0, 0.1) is 11.3 Å². The van der Waals surface area contributed by atoms with Crippen molar-refractivity contribution >= 4 is 5.91 Å². The van der Waals surface area contributed by atoms with Gasteiger partial charge in [-0.3, -0.25) is 4.79 Å². The average molecular weight is 274 g/mol. The van der Waals surface area contributed by atoms with E-state index in [4.69, 9.17) is 5.26 Å². The van der Waals surface area contributed by atoms with Crippen LogP contribution in [0.5, 0.6) is 0 Å². The molecule has 0 bridgehead atoms. The molecule has 0 saturated carbocycles.